The Hall–Kier alpha value is -4.07. The summed E-state index contributed by atoms with van der Waals surface area (Å²) in [5.41, 5.74) is 6.37. The Balaban J connectivity index is 1.31. The lowest BCUT2D eigenvalue weighted by Gasteiger charge is -2.34. The highest BCUT2D eigenvalue weighted by Crippen LogP contribution is 2.26. The molecule has 3 heterocycles. The maximum Gasteiger partial charge on any atom is 0.259 e. The number of benzene rings is 2. The molecule has 2 aliphatic rings. The molecule has 1 aromatic heterocycles. The number of nitrogen functional groups attached to an aromatic ring is 1. The molecule has 2 unspecified atom stereocenters. The number of halogens is 1. The van der Waals surface area contributed by atoms with Gasteiger partial charge in [-0.2, -0.15) is 0 Å². The van der Waals surface area contributed by atoms with Crippen molar-refractivity contribution >= 4 is 45.9 Å². The van der Waals surface area contributed by atoms with Gasteiger partial charge in [0.2, 0.25) is 0 Å². The summed E-state index contributed by atoms with van der Waals surface area (Å²) in [6, 6.07) is 8.37. The number of nitrogens with zero attached hydrogens (tertiary/aromatic N) is 3. The highest BCUT2D eigenvalue weighted by Gasteiger charge is 2.39. The van der Waals surface area contributed by atoms with Gasteiger partial charge in [0.25, 0.3) is 17.7 Å². The minimum atomic E-state index is -1.85. The SMILES string of the molecule is Nc1noc2cc(NC(=O)C(O)C3OCCN(c4ccc(F)c(C(=O)N5CCOCC5)c4)C3=O)ccc12. The minimum Gasteiger partial charge on any atom is -0.380 e. The van der Waals surface area contributed by atoms with E-state index in [1.54, 1.807) is 12.1 Å². The van der Waals surface area contributed by atoms with E-state index in [9.17, 15) is 23.9 Å². The van der Waals surface area contributed by atoms with Gasteiger partial charge in [0.1, 0.15) is 5.82 Å². The average molecular weight is 513 g/mol. The molecule has 5 rings (SSSR count). The van der Waals surface area contributed by atoms with Crippen LogP contribution in [0.3, 0.4) is 0 Å². The second kappa shape index (κ2) is 10.1. The number of hydrogen-bond donors (Lipinski definition) is 3. The molecular formula is C24H24FN5O7. The fourth-order valence-corrected chi connectivity index (χ4v) is 4.26. The summed E-state index contributed by atoms with van der Waals surface area (Å²) >= 11 is 0. The summed E-state index contributed by atoms with van der Waals surface area (Å²) in [4.78, 5) is 41.5. The highest BCUT2D eigenvalue weighted by atomic mass is 19.1. The van der Waals surface area contributed by atoms with Gasteiger partial charge in [0.15, 0.2) is 23.6 Å². The molecule has 12 nitrogen and oxygen atoms in total. The van der Waals surface area contributed by atoms with Crippen LogP contribution in [-0.2, 0) is 19.1 Å². The van der Waals surface area contributed by atoms with Crippen LogP contribution >= 0.6 is 0 Å². The summed E-state index contributed by atoms with van der Waals surface area (Å²) < 4.78 is 30.3. The van der Waals surface area contributed by atoms with Crippen LogP contribution in [-0.4, -0.2) is 84.5 Å². The van der Waals surface area contributed by atoms with E-state index in [2.05, 4.69) is 10.5 Å². The molecule has 3 amide bonds. The molecule has 2 saturated heterocycles. The van der Waals surface area contributed by atoms with E-state index in [0.29, 0.717) is 37.3 Å². The van der Waals surface area contributed by atoms with Crippen molar-refractivity contribution in [3.63, 3.8) is 0 Å². The summed E-state index contributed by atoms with van der Waals surface area (Å²) in [6.07, 6.45) is -3.36. The summed E-state index contributed by atoms with van der Waals surface area (Å²) in [6.45, 7) is 1.48. The summed E-state index contributed by atoms with van der Waals surface area (Å²) in [5.74, 6) is -2.62. The van der Waals surface area contributed by atoms with E-state index in [4.69, 9.17) is 19.7 Å². The van der Waals surface area contributed by atoms with Gasteiger partial charge >= 0.3 is 0 Å². The van der Waals surface area contributed by atoms with E-state index in [0.717, 1.165) is 6.07 Å². The number of rotatable bonds is 5. The van der Waals surface area contributed by atoms with Crippen molar-refractivity contribution in [1.82, 2.24) is 10.1 Å². The zero-order chi connectivity index (χ0) is 26.1. The second-order valence-electron chi connectivity index (χ2n) is 8.56. The lowest BCUT2D eigenvalue weighted by molar-refractivity contribution is -0.150. The third-order valence-electron chi connectivity index (χ3n) is 6.23. The van der Waals surface area contributed by atoms with Crippen LogP contribution in [0.4, 0.5) is 21.6 Å². The summed E-state index contributed by atoms with van der Waals surface area (Å²) in [5, 5.41) is 17.3. The van der Waals surface area contributed by atoms with Crippen molar-refractivity contribution < 1.29 is 37.9 Å². The molecule has 2 aromatic carbocycles. The van der Waals surface area contributed by atoms with Crippen LogP contribution < -0.4 is 16.0 Å². The van der Waals surface area contributed by atoms with Crippen LogP contribution in [0.15, 0.2) is 40.9 Å². The van der Waals surface area contributed by atoms with Gasteiger partial charge in [-0.15, -0.1) is 0 Å². The van der Waals surface area contributed by atoms with E-state index < -0.39 is 35.7 Å². The zero-order valence-corrected chi connectivity index (χ0v) is 19.6. The lowest BCUT2D eigenvalue weighted by Crippen LogP contribution is -2.55. The van der Waals surface area contributed by atoms with Crippen LogP contribution in [0, 0.1) is 5.82 Å². The largest absolute Gasteiger partial charge is 0.380 e. The van der Waals surface area contributed by atoms with Gasteiger partial charge in [-0.1, -0.05) is 5.16 Å². The number of anilines is 3. The van der Waals surface area contributed by atoms with Crippen molar-refractivity contribution in [2.24, 2.45) is 0 Å². The Labute approximate surface area is 209 Å². The molecule has 37 heavy (non-hydrogen) atoms. The minimum absolute atomic E-state index is 0.00810. The number of nitrogens with one attached hydrogen (secondary N) is 1. The number of aliphatic hydroxyl groups excluding tert-OH is 1. The Bertz CT molecular complexity index is 1360. The first-order valence-electron chi connectivity index (χ1n) is 11.6. The average Bonchev–Trinajstić information content (AvgIpc) is 3.28. The zero-order valence-electron chi connectivity index (χ0n) is 19.6. The third-order valence-corrected chi connectivity index (χ3v) is 6.23. The summed E-state index contributed by atoms with van der Waals surface area (Å²) in [7, 11) is 0. The quantitative estimate of drug-likeness (QED) is 0.447. The normalized spacial score (nSPS) is 19.2. The molecular weight excluding hydrogens is 489 g/mol. The van der Waals surface area contributed by atoms with Crippen molar-refractivity contribution in [2.75, 3.05) is 55.4 Å². The molecule has 2 aliphatic heterocycles. The van der Waals surface area contributed by atoms with Crippen LogP contribution in [0.5, 0.6) is 0 Å². The monoisotopic (exact) mass is 513 g/mol. The fourth-order valence-electron chi connectivity index (χ4n) is 4.26. The third kappa shape index (κ3) is 4.83. The number of morpholine rings is 2. The van der Waals surface area contributed by atoms with Crippen LogP contribution in [0.2, 0.25) is 0 Å². The van der Waals surface area contributed by atoms with E-state index in [-0.39, 0.29) is 35.9 Å². The Morgan fingerprint density at radius 3 is 2.70 bits per heavy atom. The number of aromatic nitrogens is 1. The molecule has 0 bridgehead atoms. The molecule has 194 valence electrons. The number of carbonyl (C=O) groups is 3. The topological polar surface area (TPSA) is 160 Å². The molecule has 2 fully saturated rings. The number of ether oxygens (including phenoxy) is 2. The molecule has 4 N–H and O–H groups in total. The smallest absolute Gasteiger partial charge is 0.259 e. The van der Waals surface area contributed by atoms with Gasteiger partial charge in [0, 0.05) is 37.1 Å². The molecule has 0 radical (unpaired) electrons. The number of aliphatic hydroxyl groups is 1. The van der Waals surface area contributed by atoms with Crippen molar-refractivity contribution in [2.45, 2.75) is 12.2 Å². The van der Waals surface area contributed by atoms with Gasteiger partial charge in [-0.25, -0.2) is 4.39 Å². The molecule has 0 saturated carbocycles. The van der Waals surface area contributed by atoms with Crippen LogP contribution in [0.1, 0.15) is 10.4 Å². The molecule has 3 aromatic rings. The van der Waals surface area contributed by atoms with Crippen molar-refractivity contribution in [3.8, 4) is 0 Å². The number of hydrogen-bond acceptors (Lipinski definition) is 9. The standard InChI is InChI=1S/C24H24FN5O7/c25-17-4-2-14(12-16(17)23(33)29-5-8-35-9-6-29)30-7-10-36-20(24(30)34)19(31)22(32)27-13-1-3-15-18(11-13)37-28-21(15)26/h1-4,11-12,19-20,31H,5-10H2,(H2,26,28)(H,27,32). The predicted octanol–water partition coefficient (Wildman–Crippen LogP) is 0.753. The van der Waals surface area contributed by atoms with E-state index in [1.165, 1.54) is 28.0 Å². The number of nitrogens with two attached hydrogens (primary N) is 1. The Kier molecular flexibility index (Phi) is 6.74. The van der Waals surface area contributed by atoms with E-state index >= 15 is 0 Å². The van der Waals surface area contributed by atoms with Crippen molar-refractivity contribution in [1.29, 1.82) is 0 Å². The van der Waals surface area contributed by atoms with Gasteiger partial charge in [-0.3, -0.25) is 14.4 Å². The maximum absolute atomic E-state index is 14.5. The number of amides is 3. The van der Waals surface area contributed by atoms with Gasteiger partial charge in [0.05, 0.1) is 30.8 Å². The second-order valence-corrected chi connectivity index (χ2v) is 8.56. The predicted molar refractivity (Wildman–Crippen MR) is 128 cm³/mol. The molecule has 0 spiro atoms. The number of carbonyl (C=O) groups excluding carboxylic acids is 3. The van der Waals surface area contributed by atoms with E-state index in [1.807, 2.05) is 0 Å². The lowest BCUT2D eigenvalue weighted by atomic mass is 10.1. The molecule has 13 heteroatoms. The highest BCUT2D eigenvalue weighted by molar-refractivity contribution is 6.05. The Morgan fingerprint density at radius 2 is 1.92 bits per heavy atom. The van der Waals surface area contributed by atoms with Gasteiger partial charge < -0.3 is 40.0 Å². The first-order chi connectivity index (χ1) is 17.8. The molecule has 0 aliphatic carbocycles. The van der Waals surface area contributed by atoms with Crippen molar-refractivity contribution in [3.05, 3.63) is 47.8 Å². The first kappa shape index (κ1) is 24.6. The number of fused-ring (bicyclic) bond motifs is 1. The van der Waals surface area contributed by atoms with Crippen LogP contribution in [0.25, 0.3) is 11.0 Å². The van der Waals surface area contributed by atoms with Gasteiger partial charge in [-0.05, 0) is 30.3 Å². The Morgan fingerprint density at radius 1 is 1.14 bits per heavy atom. The fraction of sp³-hybridized carbons (Fsp3) is 0.333. The molecule has 2 atom stereocenters. The first-order valence-corrected chi connectivity index (χ1v) is 11.6. The maximum atomic E-state index is 14.5.